The van der Waals surface area contributed by atoms with Crippen molar-refractivity contribution < 1.29 is 4.79 Å². The Morgan fingerprint density at radius 3 is 2.00 bits per heavy atom. The number of Topliss-reactive ketones (excluding diaryl/α,β-unsaturated/α-hetero) is 1. The van der Waals surface area contributed by atoms with Crippen LogP contribution in [0.4, 0.5) is 0 Å². The number of allylic oxidation sites excluding steroid dienone is 1. The summed E-state index contributed by atoms with van der Waals surface area (Å²) in [6.07, 6.45) is 1.77. The summed E-state index contributed by atoms with van der Waals surface area (Å²) in [4.78, 5) is 10.8. The molecule has 11 heavy (non-hydrogen) atoms. The largest absolute Gasteiger partial charge is 0.386 e. The number of nitrogens with one attached hydrogen (secondary N) is 1. The minimum atomic E-state index is 0.0384. The molecule has 0 rings (SSSR count). The standard InChI is InChI=1S/C9H17NO/c1-7(8(2)11)6-10-9(3,4)5/h6,10H,1-5H3/b7-6-. The average molecular weight is 155 g/mol. The minimum Gasteiger partial charge on any atom is -0.386 e. The van der Waals surface area contributed by atoms with E-state index in [0.717, 1.165) is 5.57 Å². The van der Waals surface area contributed by atoms with Crippen molar-refractivity contribution in [1.82, 2.24) is 5.32 Å². The number of ketones is 1. The van der Waals surface area contributed by atoms with Crippen molar-refractivity contribution >= 4 is 5.78 Å². The van der Waals surface area contributed by atoms with Gasteiger partial charge in [-0.15, -0.1) is 0 Å². The first-order valence-corrected chi connectivity index (χ1v) is 3.78. The number of hydrogen-bond acceptors (Lipinski definition) is 2. The van der Waals surface area contributed by atoms with E-state index in [1.54, 1.807) is 20.0 Å². The Bertz CT molecular complexity index is 174. The van der Waals surface area contributed by atoms with E-state index in [9.17, 15) is 4.79 Å². The third kappa shape index (κ3) is 5.64. The second-order valence-corrected chi connectivity index (χ2v) is 3.78. The van der Waals surface area contributed by atoms with Gasteiger partial charge in [-0.3, -0.25) is 4.79 Å². The lowest BCUT2D eigenvalue weighted by atomic mass is 10.1. The lowest BCUT2D eigenvalue weighted by molar-refractivity contribution is -0.113. The third-order valence-electron chi connectivity index (χ3n) is 1.28. The highest BCUT2D eigenvalue weighted by Crippen LogP contribution is 2.00. The van der Waals surface area contributed by atoms with Gasteiger partial charge < -0.3 is 5.32 Å². The molecule has 0 aliphatic carbocycles. The Hall–Kier alpha value is -0.790. The Morgan fingerprint density at radius 2 is 1.73 bits per heavy atom. The topological polar surface area (TPSA) is 29.1 Å². The lowest BCUT2D eigenvalue weighted by Crippen LogP contribution is -2.31. The summed E-state index contributed by atoms with van der Waals surface area (Å²) in [5, 5.41) is 3.12. The van der Waals surface area contributed by atoms with E-state index >= 15 is 0 Å². The van der Waals surface area contributed by atoms with E-state index in [4.69, 9.17) is 0 Å². The monoisotopic (exact) mass is 155 g/mol. The van der Waals surface area contributed by atoms with Gasteiger partial charge in [-0.2, -0.15) is 0 Å². The quantitative estimate of drug-likeness (QED) is 0.617. The SMILES string of the molecule is CC(=O)/C(C)=C\NC(C)(C)C. The van der Waals surface area contributed by atoms with Crippen LogP contribution in [-0.2, 0) is 4.79 Å². The highest BCUT2D eigenvalue weighted by Gasteiger charge is 2.06. The molecule has 0 heterocycles. The van der Waals surface area contributed by atoms with E-state index in [1.165, 1.54) is 0 Å². The fourth-order valence-electron chi connectivity index (χ4n) is 0.426. The van der Waals surface area contributed by atoms with Gasteiger partial charge in [0, 0.05) is 17.3 Å². The van der Waals surface area contributed by atoms with E-state index in [1.807, 2.05) is 0 Å². The van der Waals surface area contributed by atoms with Crippen LogP contribution in [0, 0.1) is 0 Å². The van der Waals surface area contributed by atoms with Gasteiger partial charge in [0.1, 0.15) is 0 Å². The highest BCUT2D eigenvalue weighted by atomic mass is 16.1. The Labute approximate surface area is 68.7 Å². The summed E-state index contributed by atoms with van der Waals surface area (Å²) >= 11 is 0. The molecule has 0 aromatic carbocycles. The molecule has 0 aliphatic heterocycles. The molecule has 0 saturated carbocycles. The second kappa shape index (κ2) is 3.56. The lowest BCUT2D eigenvalue weighted by Gasteiger charge is -2.19. The fraction of sp³-hybridized carbons (Fsp3) is 0.667. The first-order chi connectivity index (χ1) is 4.83. The predicted octanol–water partition coefficient (Wildman–Crippen LogP) is 1.87. The van der Waals surface area contributed by atoms with Gasteiger partial charge in [0.15, 0.2) is 5.78 Å². The fourth-order valence-corrected chi connectivity index (χ4v) is 0.426. The molecule has 64 valence electrons. The van der Waals surface area contributed by atoms with Gasteiger partial charge in [0.2, 0.25) is 0 Å². The Kier molecular flexibility index (Phi) is 3.30. The van der Waals surface area contributed by atoms with Crippen molar-refractivity contribution in [1.29, 1.82) is 0 Å². The Morgan fingerprint density at radius 1 is 1.27 bits per heavy atom. The number of rotatable bonds is 2. The summed E-state index contributed by atoms with van der Waals surface area (Å²) in [5.41, 5.74) is 0.802. The molecular weight excluding hydrogens is 138 g/mol. The summed E-state index contributed by atoms with van der Waals surface area (Å²) < 4.78 is 0. The van der Waals surface area contributed by atoms with Gasteiger partial charge in [0.05, 0.1) is 0 Å². The van der Waals surface area contributed by atoms with Gasteiger partial charge in [0.25, 0.3) is 0 Å². The molecule has 0 radical (unpaired) electrons. The maximum Gasteiger partial charge on any atom is 0.156 e. The van der Waals surface area contributed by atoms with Crippen LogP contribution in [0.5, 0.6) is 0 Å². The summed E-state index contributed by atoms with van der Waals surface area (Å²) in [7, 11) is 0. The maximum absolute atomic E-state index is 10.8. The van der Waals surface area contributed by atoms with Gasteiger partial charge >= 0.3 is 0 Å². The van der Waals surface area contributed by atoms with E-state index in [2.05, 4.69) is 26.1 Å². The van der Waals surface area contributed by atoms with Crippen LogP contribution in [-0.4, -0.2) is 11.3 Å². The van der Waals surface area contributed by atoms with Crippen molar-refractivity contribution in [2.75, 3.05) is 0 Å². The number of hydrogen-bond donors (Lipinski definition) is 1. The van der Waals surface area contributed by atoms with Gasteiger partial charge in [-0.25, -0.2) is 0 Å². The smallest absolute Gasteiger partial charge is 0.156 e. The normalized spacial score (nSPS) is 13.0. The van der Waals surface area contributed by atoms with Crippen LogP contribution in [0.15, 0.2) is 11.8 Å². The molecule has 0 unspecified atom stereocenters. The van der Waals surface area contributed by atoms with Crippen LogP contribution in [0.2, 0.25) is 0 Å². The number of carbonyl (C=O) groups is 1. The van der Waals surface area contributed by atoms with Crippen molar-refractivity contribution in [2.24, 2.45) is 0 Å². The molecular formula is C9H17NO. The summed E-state index contributed by atoms with van der Waals surface area (Å²) in [5.74, 6) is 0.113. The van der Waals surface area contributed by atoms with Crippen molar-refractivity contribution in [3.63, 3.8) is 0 Å². The van der Waals surface area contributed by atoms with E-state index in [-0.39, 0.29) is 11.3 Å². The summed E-state index contributed by atoms with van der Waals surface area (Å²) in [6, 6.07) is 0. The molecule has 0 aromatic rings. The molecule has 0 atom stereocenters. The van der Waals surface area contributed by atoms with Crippen molar-refractivity contribution in [3.05, 3.63) is 11.8 Å². The van der Waals surface area contributed by atoms with Crippen LogP contribution in [0.1, 0.15) is 34.6 Å². The zero-order chi connectivity index (χ0) is 9.07. The number of carbonyl (C=O) groups excluding carboxylic acids is 1. The first-order valence-electron chi connectivity index (χ1n) is 3.78. The molecule has 0 aliphatic rings. The molecule has 0 fully saturated rings. The zero-order valence-electron chi connectivity index (χ0n) is 7.99. The first kappa shape index (κ1) is 10.2. The Balaban J connectivity index is 4.04. The van der Waals surface area contributed by atoms with Crippen molar-refractivity contribution in [2.45, 2.75) is 40.2 Å². The molecule has 2 heteroatoms. The van der Waals surface area contributed by atoms with E-state index < -0.39 is 0 Å². The molecule has 2 nitrogen and oxygen atoms in total. The molecule has 0 aromatic heterocycles. The van der Waals surface area contributed by atoms with Crippen LogP contribution >= 0.6 is 0 Å². The highest BCUT2D eigenvalue weighted by molar-refractivity contribution is 5.92. The van der Waals surface area contributed by atoms with E-state index in [0.29, 0.717) is 0 Å². The zero-order valence-corrected chi connectivity index (χ0v) is 7.99. The van der Waals surface area contributed by atoms with Crippen LogP contribution < -0.4 is 5.32 Å². The second-order valence-electron chi connectivity index (χ2n) is 3.78. The van der Waals surface area contributed by atoms with Gasteiger partial charge in [-0.1, -0.05) is 0 Å². The third-order valence-corrected chi connectivity index (χ3v) is 1.28. The van der Waals surface area contributed by atoms with Crippen molar-refractivity contribution in [3.8, 4) is 0 Å². The molecule has 0 bridgehead atoms. The molecule has 0 spiro atoms. The molecule has 0 amide bonds. The molecule has 0 saturated heterocycles. The van der Waals surface area contributed by atoms with Gasteiger partial charge in [-0.05, 0) is 34.6 Å². The maximum atomic E-state index is 10.8. The van der Waals surface area contributed by atoms with Crippen LogP contribution in [0.25, 0.3) is 0 Å². The average Bonchev–Trinajstić information content (AvgIpc) is 1.80. The summed E-state index contributed by atoms with van der Waals surface area (Å²) in [6.45, 7) is 9.53. The predicted molar refractivity (Wildman–Crippen MR) is 47.3 cm³/mol. The minimum absolute atomic E-state index is 0.0384. The molecule has 1 N–H and O–H groups in total. The van der Waals surface area contributed by atoms with Crippen LogP contribution in [0.3, 0.4) is 0 Å².